The second-order valence-electron chi connectivity index (χ2n) is 10.9. The molecule has 0 aliphatic carbocycles. The fraction of sp³-hybridized carbons (Fsp3) is 0.0811. The van der Waals surface area contributed by atoms with Crippen LogP contribution in [0.4, 0.5) is 43.4 Å². The second-order valence-corrected chi connectivity index (χ2v) is 10.9. The number of benzene rings is 4. The Kier molecular flexibility index (Phi) is 6.92. The van der Waals surface area contributed by atoms with Gasteiger partial charge in [0, 0.05) is 17.4 Å². The summed E-state index contributed by atoms with van der Waals surface area (Å²) in [6.45, 7) is 0. The third-order valence-corrected chi connectivity index (χ3v) is 8.21. The number of nitrogens with zero attached hydrogens (tertiary/aromatic N) is 3. The van der Waals surface area contributed by atoms with Crippen LogP contribution in [0, 0.1) is 0 Å². The third-order valence-electron chi connectivity index (χ3n) is 8.21. The first-order valence-corrected chi connectivity index (χ1v) is 14.3. The number of alkyl halides is 6. The lowest BCUT2D eigenvalue weighted by atomic mass is 9.65. The molecular weight excluding hydrogens is 600 g/mol. The van der Waals surface area contributed by atoms with E-state index in [2.05, 4.69) is 4.98 Å². The summed E-state index contributed by atoms with van der Waals surface area (Å²) in [4.78, 5) is 11.2. The molecule has 2 aromatic heterocycles. The summed E-state index contributed by atoms with van der Waals surface area (Å²) in [5.41, 5.74) is 0.0530. The van der Waals surface area contributed by atoms with Crippen LogP contribution >= 0.6 is 0 Å². The van der Waals surface area contributed by atoms with Crippen molar-refractivity contribution >= 4 is 17.1 Å². The minimum atomic E-state index is -4.72. The highest BCUT2D eigenvalue weighted by Crippen LogP contribution is 2.58. The Bertz CT molecular complexity index is 1960. The lowest BCUT2D eigenvalue weighted by molar-refractivity contribution is -0.138. The fourth-order valence-electron chi connectivity index (χ4n) is 6.23. The van der Waals surface area contributed by atoms with E-state index in [0.29, 0.717) is 33.9 Å². The van der Waals surface area contributed by atoms with Crippen LogP contribution in [-0.4, -0.2) is 9.97 Å². The van der Waals surface area contributed by atoms with Gasteiger partial charge in [-0.2, -0.15) is 26.3 Å². The monoisotopic (exact) mass is 623 g/mol. The maximum Gasteiger partial charge on any atom is 0.416 e. The number of rotatable bonds is 4. The van der Waals surface area contributed by atoms with Gasteiger partial charge in [-0.05, 0) is 71.8 Å². The van der Waals surface area contributed by atoms with Crippen LogP contribution < -0.4 is 4.90 Å². The van der Waals surface area contributed by atoms with Crippen molar-refractivity contribution in [1.29, 1.82) is 0 Å². The zero-order chi connectivity index (χ0) is 32.1. The molecule has 3 heterocycles. The molecule has 46 heavy (non-hydrogen) atoms. The largest absolute Gasteiger partial charge is 0.416 e. The van der Waals surface area contributed by atoms with Crippen LogP contribution in [0.3, 0.4) is 0 Å². The molecule has 6 aromatic rings. The molecule has 0 radical (unpaired) electrons. The Hall–Kier alpha value is -5.44. The van der Waals surface area contributed by atoms with E-state index >= 15 is 0 Å². The number of aromatic nitrogens is 2. The van der Waals surface area contributed by atoms with Crippen molar-refractivity contribution in [2.75, 3.05) is 4.90 Å². The van der Waals surface area contributed by atoms with Gasteiger partial charge in [0.25, 0.3) is 0 Å². The van der Waals surface area contributed by atoms with Crippen molar-refractivity contribution in [1.82, 2.24) is 9.97 Å². The molecule has 4 aromatic carbocycles. The van der Waals surface area contributed by atoms with Crippen LogP contribution in [0.2, 0.25) is 0 Å². The predicted molar refractivity (Wildman–Crippen MR) is 164 cm³/mol. The van der Waals surface area contributed by atoms with Crippen LogP contribution in [-0.2, 0) is 17.8 Å². The molecule has 0 spiro atoms. The molecule has 0 amide bonds. The van der Waals surface area contributed by atoms with E-state index in [0.717, 1.165) is 29.8 Å². The summed E-state index contributed by atoms with van der Waals surface area (Å²) in [5.74, 6) is 0. The van der Waals surface area contributed by atoms with E-state index in [-0.39, 0.29) is 11.4 Å². The van der Waals surface area contributed by atoms with E-state index in [9.17, 15) is 26.3 Å². The van der Waals surface area contributed by atoms with E-state index in [1.165, 1.54) is 17.0 Å². The van der Waals surface area contributed by atoms with Crippen LogP contribution in [0.5, 0.6) is 0 Å². The molecule has 9 heteroatoms. The molecular formula is C37H23F6N3. The highest BCUT2D eigenvalue weighted by molar-refractivity contribution is 5.89. The minimum Gasteiger partial charge on any atom is -0.310 e. The average molecular weight is 624 g/mol. The van der Waals surface area contributed by atoms with Gasteiger partial charge in [0.05, 0.1) is 39.6 Å². The summed E-state index contributed by atoms with van der Waals surface area (Å²) in [5, 5.41) is 0. The standard InChI is InChI=1S/C37H23F6N3/c38-36(39,40)25-17-19-28-31(22-25)46(27-12-5-2-6-13-27)32-23-26(37(41,42)43)18-20-29(32)35(28,33-15-7-8-21-44-33)34-16-9-14-30(45-34)24-10-3-1-4-11-24/h1-23H. The lowest BCUT2D eigenvalue weighted by Gasteiger charge is -2.45. The zero-order valence-corrected chi connectivity index (χ0v) is 23.9. The number of hydrogen-bond acceptors (Lipinski definition) is 3. The molecule has 1 aliphatic heterocycles. The van der Waals surface area contributed by atoms with Gasteiger partial charge >= 0.3 is 12.4 Å². The van der Waals surface area contributed by atoms with E-state index in [4.69, 9.17) is 4.98 Å². The van der Waals surface area contributed by atoms with Crippen molar-refractivity contribution in [3.05, 3.63) is 173 Å². The van der Waals surface area contributed by atoms with Gasteiger partial charge in [-0.25, -0.2) is 0 Å². The van der Waals surface area contributed by atoms with E-state index in [1.54, 1.807) is 66.9 Å². The van der Waals surface area contributed by atoms with Crippen molar-refractivity contribution in [3.63, 3.8) is 0 Å². The maximum atomic E-state index is 14.3. The summed E-state index contributed by atoms with van der Waals surface area (Å²) in [6, 6.07) is 35.0. The molecule has 7 rings (SSSR count). The van der Waals surface area contributed by atoms with Gasteiger partial charge in [-0.1, -0.05) is 72.8 Å². The second kappa shape index (κ2) is 10.9. The van der Waals surface area contributed by atoms with Crippen LogP contribution in [0.15, 0.2) is 140 Å². The average Bonchev–Trinajstić information content (AvgIpc) is 3.07. The number of halogens is 6. The summed E-state index contributed by atoms with van der Waals surface area (Å²) >= 11 is 0. The van der Waals surface area contributed by atoms with Gasteiger partial charge < -0.3 is 4.90 Å². The van der Waals surface area contributed by atoms with Crippen LogP contribution in [0.25, 0.3) is 11.3 Å². The molecule has 228 valence electrons. The molecule has 3 nitrogen and oxygen atoms in total. The van der Waals surface area contributed by atoms with Gasteiger partial charge in [0.15, 0.2) is 0 Å². The molecule has 0 saturated heterocycles. The van der Waals surface area contributed by atoms with Gasteiger partial charge in [0.2, 0.25) is 0 Å². The fourth-order valence-corrected chi connectivity index (χ4v) is 6.23. The van der Waals surface area contributed by atoms with Crippen molar-refractivity contribution in [3.8, 4) is 11.3 Å². The molecule has 0 atom stereocenters. The summed E-state index contributed by atoms with van der Waals surface area (Å²) < 4.78 is 85.7. The molecule has 0 unspecified atom stereocenters. The highest BCUT2D eigenvalue weighted by atomic mass is 19.4. The summed E-state index contributed by atoms with van der Waals surface area (Å²) in [6.07, 6.45) is -7.88. The normalized spacial score (nSPS) is 14.0. The quantitative estimate of drug-likeness (QED) is 0.183. The maximum absolute atomic E-state index is 14.3. The number of pyridine rings is 2. The predicted octanol–water partition coefficient (Wildman–Crippen LogP) is 10.3. The number of para-hydroxylation sites is 1. The Balaban J connectivity index is 1.66. The third kappa shape index (κ3) is 4.79. The van der Waals surface area contributed by atoms with Gasteiger partial charge in [-0.15, -0.1) is 0 Å². The van der Waals surface area contributed by atoms with E-state index in [1.807, 2.05) is 36.4 Å². The Labute approximate surface area is 260 Å². The number of fused-ring (bicyclic) bond motifs is 2. The Morgan fingerprint density at radius 2 is 1.07 bits per heavy atom. The minimum absolute atomic E-state index is 0.0606. The van der Waals surface area contributed by atoms with Crippen molar-refractivity contribution in [2.24, 2.45) is 0 Å². The van der Waals surface area contributed by atoms with Crippen molar-refractivity contribution in [2.45, 2.75) is 17.8 Å². The molecule has 0 N–H and O–H groups in total. The Morgan fingerprint density at radius 1 is 0.522 bits per heavy atom. The number of hydrogen-bond donors (Lipinski definition) is 0. The first-order valence-electron chi connectivity index (χ1n) is 14.3. The van der Waals surface area contributed by atoms with Crippen molar-refractivity contribution < 1.29 is 26.3 Å². The molecule has 0 fully saturated rings. The smallest absolute Gasteiger partial charge is 0.310 e. The van der Waals surface area contributed by atoms with Gasteiger partial charge in [0.1, 0.15) is 5.41 Å². The lowest BCUT2D eigenvalue weighted by Crippen LogP contribution is -2.39. The highest BCUT2D eigenvalue weighted by Gasteiger charge is 2.50. The first kappa shape index (κ1) is 29.3. The van der Waals surface area contributed by atoms with E-state index < -0.39 is 28.9 Å². The van der Waals surface area contributed by atoms with Gasteiger partial charge in [-0.3, -0.25) is 9.97 Å². The number of anilines is 3. The zero-order valence-electron chi connectivity index (χ0n) is 23.9. The molecule has 0 saturated carbocycles. The first-order chi connectivity index (χ1) is 22.1. The molecule has 1 aliphatic rings. The van der Waals surface area contributed by atoms with Crippen LogP contribution in [0.1, 0.15) is 33.6 Å². The topological polar surface area (TPSA) is 29.0 Å². The molecule has 0 bridgehead atoms. The summed E-state index contributed by atoms with van der Waals surface area (Å²) in [7, 11) is 0. The SMILES string of the molecule is FC(F)(F)c1ccc2c(c1)N(c1ccccc1)c1cc(C(F)(F)F)ccc1C2(c1ccccn1)c1cccc(-c2ccccc2)n1. The Morgan fingerprint density at radius 3 is 1.61 bits per heavy atom.